The number of aromatic nitrogens is 4. The van der Waals surface area contributed by atoms with Crippen molar-refractivity contribution in [3.05, 3.63) is 133 Å². The smallest absolute Gasteiger partial charge is 0.238 e. The van der Waals surface area contributed by atoms with Crippen LogP contribution in [0.3, 0.4) is 0 Å². The summed E-state index contributed by atoms with van der Waals surface area (Å²) in [4.78, 5) is 15.1. The van der Waals surface area contributed by atoms with Crippen LogP contribution in [0.15, 0.2) is 133 Å². The summed E-state index contributed by atoms with van der Waals surface area (Å²) in [6.07, 6.45) is 0. The molecule has 0 fully saturated rings. The third-order valence-corrected chi connectivity index (χ3v) is 7.40. The molecule has 0 aliphatic carbocycles. The summed E-state index contributed by atoms with van der Waals surface area (Å²) in [5.41, 5.74) is 4.05. The fourth-order valence-corrected chi connectivity index (χ4v) is 5.51. The van der Waals surface area contributed by atoms with Crippen LogP contribution >= 0.6 is 0 Å². The molecule has 4 nitrogen and oxygen atoms in total. The Morgan fingerprint density at radius 3 is 1.79 bits per heavy atom. The molecule has 0 saturated carbocycles. The Morgan fingerprint density at radius 1 is 0.385 bits per heavy atom. The Morgan fingerprint density at radius 2 is 1.00 bits per heavy atom. The summed E-state index contributed by atoms with van der Waals surface area (Å²) < 4.78 is 2.18. The van der Waals surface area contributed by atoms with E-state index in [-0.39, 0.29) is 0 Å². The van der Waals surface area contributed by atoms with Gasteiger partial charge in [0.15, 0.2) is 11.6 Å². The lowest BCUT2D eigenvalue weighted by Crippen LogP contribution is -2.06. The Balaban J connectivity index is 1.45. The second-order valence-corrected chi connectivity index (χ2v) is 9.78. The van der Waals surface area contributed by atoms with Gasteiger partial charge in [0.05, 0.1) is 11.0 Å². The normalized spacial score (nSPS) is 11.6. The molecule has 2 aromatic heterocycles. The zero-order chi connectivity index (χ0) is 25.8. The highest BCUT2D eigenvalue weighted by molar-refractivity contribution is 6.13. The first-order valence-electron chi connectivity index (χ1n) is 13.0. The maximum Gasteiger partial charge on any atom is 0.238 e. The Bertz CT molecular complexity index is 2180. The second kappa shape index (κ2) is 8.61. The number of rotatable bonds is 3. The van der Waals surface area contributed by atoms with Crippen molar-refractivity contribution in [1.82, 2.24) is 19.5 Å². The molecule has 8 aromatic rings. The molecule has 0 aliphatic rings. The van der Waals surface area contributed by atoms with E-state index >= 15 is 0 Å². The van der Waals surface area contributed by atoms with Crippen LogP contribution in [-0.4, -0.2) is 19.5 Å². The van der Waals surface area contributed by atoms with E-state index in [9.17, 15) is 0 Å². The lowest BCUT2D eigenvalue weighted by atomic mass is 10.1. The van der Waals surface area contributed by atoms with Gasteiger partial charge in [-0.25, -0.2) is 4.98 Å². The quantitative estimate of drug-likeness (QED) is 0.245. The molecule has 4 heteroatoms. The van der Waals surface area contributed by atoms with E-state index in [0.717, 1.165) is 27.5 Å². The first kappa shape index (κ1) is 21.7. The van der Waals surface area contributed by atoms with E-state index in [1.165, 1.54) is 26.9 Å². The van der Waals surface area contributed by atoms with Crippen LogP contribution in [0.1, 0.15) is 0 Å². The van der Waals surface area contributed by atoms with Gasteiger partial charge < -0.3 is 0 Å². The number of hydrogen-bond acceptors (Lipinski definition) is 3. The molecule has 0 saturated heterocycles. The van der Waals surface area contributed by atoms with Crippen LogP contribution in [0.4, 0.5) is 0 Å². The van der Waals surface area contributed by atoms with Gasteiger partial charge in [0, 0.05) is 21.9 Å². The van der Waals surface area contributed by atoms with Crippen LogP contribution in [-0.2, 0) is 0 Å². The highest BCUT2D eigenvalue weighted by Crippen LogP contribution is 2.35. The second-order valence-electron chi connectivity index (χ2n) is 9.78. The van der Waals surface area contributed by atoms with Crippen molar-refractivity contribution in [3.8, 4) is 28.7 Å². The fraction of sp³-hybridized carbons (Fsp3) is 0. The first-order chi connectivity index (χ1) is 19.3. The molecule has 182 valence electrons. The Hall–Kier alpha value is -5.35. The van der Waals surface area contributed by atoms with Gasteiger partial charge in [-0.15, -0.1) is 0 Å². The molecule has 39 heavy (non-hydrogen) atoms. The summed E-state index contributed by atoms with van der Waals surface area (Å²) in [5, 5.41) is 7.09. The number of fused-ring (bicyclic) bond motifs is 5. The third-order valence-electron chi connectivity index (χ3n) is 7.40. The van der Waals surface area contributed by atoms with Gasteiger partial charge >= 0.3 is 0 Å². The molecule has 0 radical (unpaired) electrons. The van der Waals surface area contributed by atoms with E-state index in [4.69, 9.17) is 15.0 Å². The van der Waals surface area contributed by atoms with Gasteiger partial charge in [-0.1, -0.05) is 109 Å². The first-order valence-corrected chi connectivity index (χ1v) is 13.0. The highest BCUT2D eigenvalue weighted by Gasteiger charge is 2.18. The molecule has 0 N–H and O–H groups in total. The number of nitrogens with zero attached hydrogens (tertiary/aromatic N) is 4. The number of hydrogen-bond donors (Lipinski definition) is 0. The minimum absolute atomic E-state index is 0.605. The predicted octanol–water partition coefficient (Wildman–Crippen LogP) is 8.61. The minimum atomic E-state index is 0.605. The number of para-hydroxylation sites is 1. The Labute approximate surface area is 224 Å². The molecular weight excluding hydrogens is 476 g/mol. The van der Waals surface area contributed by atoms with Gasteiger partial charge in [0.25, 0.3) is 0 Å². The van der Waals surface area contributed by atoms with Crippen molar-refractivity contribution in [3.63, 3.8) is 0 Å². The molecule has 0 unspecified atom stereocenters. The van der Waals surface area contributed by atoms with Crippen LogP contribution < -0.4 is 0 Å². The maximum absolute atomic E-state index is 5.10. The van der Waals surface area contributed by atoms with Crippen LogP contribution in [0, 0.1) is 0 Å². The minimum Gasteiger partial charge on any atom is -0.278 e. The largest absolute Gasteiger partial charge is 0.278 e. The van der Waals surface area contributed by atoms with Gasteiger partial charge in [-0.2, -0.15) is 9.97 Å². The van der Waals surface area contributed by atoms with Crippen LogP contribution in [0.5, 0.6) is 0 Å². The predicted molar refractivity (Wildman–Crippen MR) is 160 cm³/mol. The molecular formula is C35H22N4. The van der Waals surface area contributed by atoms with E-state index < -0.39 is 0 Å². The molecule has 8 rings (SSSR count). The third kappa shape index (κ3) is 3.57. The summed E-state index contributed by atoms with van der Waals surface area (Å²) in [7, 11) is 0. The standard InChI is InChI=1S/C35H22N4/c1-2-11-24(12-3-1)33-36-34(28-19-18-23-10-4-5-13-25(23)20-28)38-35(37-33)39-31-17-9-8-16-29(31)30-21-26-14-6-7-15-27(26)22-32(30)39/h1-22H. The summed E-state index contributed by atoms with van der Waals surface area (Å²) >= 11 is 0. The van der Waals surface area contributed by atoms with Crippen molar-refractivity contribution < 1.29 is 0 Å². The summed E-state index contributed by atoms with van der Waals surface area (Å²) in [6, 6.07) is 46.3. The highest BCUT2D eigenvalue weighted by atomic mass is 15.2. The van der Waals surface area contributed by atoms with Crippen molar-refractivity contribution in [2.24, 2.45) is 0 Å². The van der Waals surface area contributed by atoms with Gasteiger partial charge in [-0.3, -0.25) is 4.57 Å². The van der Waals surface area contributed by atoms with E-state index in [0.29, 0.717) is 17.6 Å². The summed E-state index contributed by atoms with van der Waals surface area (Å²) in [5.74, 6) is 1.90. The monoisotopic (exact) mass is 498 g/mol. The van der Waals surface area contributed by atoms with Gasteiger partial charge in [0.1, 0.15) is 0 Å². The van der Waals surface area contributed by atoms with E-state index in [1.54, 1.807) is 0 Å². The molecule has 6 aromatic carbocycles. The fourth-order valence-electron chi connectivity index (χ4n) is 5.51. The van der Waals surface area contributed by atoms with Crippen LogP contribution in [0.25, 0.3) is 72.1 Å². The molecule has 0 amide bonds. The SMILES string of the molecule is c1ccc(-c2nc(-c3ccc4ccccc4c3)nc(-n3c4ccccc4c4cc5ccccc5cc43)n2)cc1. The van der Waals surface area contributed by atoms with Crippen molar-refractivity contribution in [2.45, 2.75) is 0 Å². The lowest BCUT2D eigenvalue weighted by molar-refractivity contribution is 0.954. The Kier molecular flexibility index (Phi) is 4.79. The average molecular weight is 499 g/mol. The van der Waals surface area contributed by atoms with Crippen molar-refractivity contribution in [1.29, 1.82) is 0 Å². The summed E-state index contributed by atoms with van der Waals surface area (Å²) in [6.45, 7) is 0. The average Bonchev–Trinajstić information content (AvgIpc) is 3.33. The molecule has 0 aliphatic heterocycles. The van der Waals surface area contributed by atoms with E-state index in [1.807, 2.05) is 30.3 Å². The van der Waals surface area contributed by atoms with Gasteiger partial charge in [0.2, 0.25) is 5.95 Å². The van der Waals surface area contributed by atoms with Crippen molar-refractivity contribution >= 4 is 43.4 Å². The molecule has 2 heterocycles. The van der Waals surface area contributed by atoms with Gasteiger partial charge in [-0.05, 0) is 45.8 Å². The van der Waals surface area contributed by atoms with Crippen LogP contribution in [0.2, 0.25) is 0 Å². The zero-order valence-corrected chi connectivity index (χ0v) is 21.0. The topological polar surface area (TPSA) is 43.6 Å². The zero-order valence-electron chi connectivity index (χ0n) is 21.0. The molecule has 0 atom stereocenters. The molecule has 0 spiro atoms. The van der Waals surface area contributed by atoms with Crippen molar-refractivity contribution in [2.75, 3.05) is 0 Å². The van der Waals surface area contributed by atoms with E-state index in [2.05, 4.69) is 108 Å². The maximum atomic E-state index is 5.10. The number of benzene rings is 6. The molecule has 0 bridgehead atoms. The lowest BCUT2D eigenvalue weighted by Gasteiger charge is -2.11.